The van der Waals surface area contributed by atoms with Crippen LogP contribution >= 0.6 is 11.6 Å². The Kier molecular flexibility index (Phi) is 4.43. The normalized spacial score (nSPS) is 17.4. The first-order chi connectivity index (χ1) is 12.2. The first kappa shape index (κ1) is 16.1. The van der Waals surface area contributed by atoms with E-state index in [4.69, 9.17) is 26.8 Å². The summed E-state index contributed by atoms with van der Waals surface area (Å²) in [6.45, 7) is 2.24. The Bertz CT molecular complexity index is 895. The van der Waals surface area contributed by atoms with Gasteiger partial charge in [-0.3, -0.25) is 4.98 Å². The topological polar surface area (TPSA) is 114 Å². The average molecular weight is 362 g/mol. The summed E-state index contributed by atoms with van der Waals surface area (Å²) in [6.07, 6.45) is 1.07. The van der Waals surface area contributed by atoms with Crippen molar-refractivity contribution < 1.29 is 9.47 Å². The highest BCUT2D eigenvalue weighted by Gasteiger charge is 2.16. The zero-order valence-electron chi connectivity index (χ0n) is 13.3. The number of aromatic nitrogens is 6. The van der Waals surface area contributed by atoms with Gasteiger partial charge in [0.1, 0.15) is 0 Å². The minimum absolute atomic E-state index is 0.0787. The number of anilines is 1. The van der Waals surface area contributed by atoms with Crippen LogP contribution in [0.4, 0.5) is 5.95 Å². The maximum Gasteiger partial charge on any atom is 0.223 e. The molecule has 1 aliphatic heterocycles. The quantitative estimate of drug-likeness (QED) is 0.674. The number of fused-ring (bicyclic) bond motifs is 1. The van der Waals surface area contributed by atoms with Gasteiger partial charge in [0.05, 0.1) is 37.3 Å². The molecule has 1 saturated heterocycles. The van der Waals surface area contributed by atoms with Crippen LogP contribution in [0.15, 0.2) is 18.2 Å². The summed E-state index contributed by atoms with van der Waals surface area (Å²) < 4.78 is 12.7. The van der Waals surface area contributed by atoms with Crippen molar-refractivity contribution in [3.8, 4) is 0 Å². The van der Waals surface area contributed by atoms with Crippen LogP contribution in [0.25, 0.3) is 11.2 Å². The lowest BCUT2D eigenvalue weighted by molar-refractivity contribution is 0.0301. The molecule has 0 spiro atoms. The number of hydrogen-bond donors (Lipinski definition) is 1. The van der Waals surface area contributed by atoms with Crippen LogP contribution in [0.3, 0.4) is 0 Å². The summed E-state index contributed by atoms with van der Waals surface area (Å²) in [4.78, 5) is 12.6. The zero-order chi connectivity index (χ0) is 17.2. The van der Waals surface area contributed by atoms with E-state index in [9.17, 15) is 0 Å². The second-order valence-corrected chi connectivity index (χ2v) is 6.07. The number of ether oxygens (including phenoxy) is 2. The second kappa shape index (κ2) is 6.87. The predicted molar refractivity (Wildman–Crippen MR) is 89.9 cm³/mol. The van der Waals surface area contributed by atoms with Crippen LogP contribution in [0.1, 0.15) is 17.8 Å². The van der Waals surface area contributed by atoms with Gasteiger partial charge in [0.25, 0.3) is 0 Å². The van der Waals surface area contributed by atoms with Gasteiger partial charge in [0.2, 0.25) is 5.95 Å². The van der Waals surface area contributed by atoms with E-state index >= 15 is 0 Å². The molecule has 2 N–H and O–H groups in total. The van der Waals surface area contributed by atoms with Crippen LogP contribution in [-0.2, 0) is 22.6 Å². The van der Waals surface area contributed by atoms with E-state index in [0.29, 0.717) is 30.9 Å². The van der Waals surface area contributed by atoms with Crippen molar-refractivity contribution in [1.82, 2.24) is 29.9 Å². The fraction of sp³-hybridized carbons (Fsp3) is 0.400. The Morgan fingerprint density at radius 3 is 3.00 bits per heavy atom. The third-order valence-electron chi connectivity index (χ3n) is 3.87. The third-order valence-corrected chi connectivity index (χ3v) is 4.13. The molecule has 0 saturated carbocycles. The van der Waals surface area contributed by atoms with Crippen molar-refractivity contribution in [3.63, 3.8) is 0 Å². The molecule has 130 valence electrons. The van der Waals surface area contributed by atoms with Gasteiger partial charge < -0.3 is 15.2 Å². The lowest BCUT2D eigenvalue weighted by Crippen LogP contribution is -2.13. The molecule has 1 aliphatic rings. The highest BCUT2D eigenvalue weighted by atomic mass is 35.5. The summed E-state index contributed by atoms with van der Waals surface area (Å²) in [6, 6.07) is 5.76. The minimum atomic E-state index is 0.0787. The van der Waals surface area contributed by atoms with E-state index < -0.39 is 0 Å². The minimum Gasteiger partial charge on any atom is -0.379 e. The summed E-state index contributed by atoms with van der Waals surface area (Å²) >= 11 is 6.02. The highest BCUT2D eigenvalue weighted by Crippen LogP contribution is 2.19. The lowest BCUT2D eigenvalue weighted by atomic mass is 10.3. The number of halogens is 1. The van der Waals surface area contributed by atoms with Gasteiger partial charge in [-0.15, -0.1) is 5.10 Å². The van der Waals surface area contributed by atoms with Gasteiger partial charge in [-0.1, -0.05) is 22.9 Å². The molecular weight excluding hydrogens is 346 g/mol. The Morgan fingerprint density at radius 2 is 2.16 bits per heavy atom. The smallest absolute Gasteiger partial charge is 0.223 e. The summed E-state index contributed by atoms with van der Waals surface area (Å²) in [5, 5.41) is 8.25. The van der Waals surface area contributed by atoms with Crippen molar-refractivity contribution in [1.29, 1.82) is 0 Å². The largest absolute Gasteiger partial charge is 0.379 e. The molecule has 0 aromatic carbocycles. The first-order valence-corrected chi connectivity index (χ1v) is 8.23. The van der Waals surface area contributed by atoms with Crippen LogP contribution in [-0.4, -0.2) is 49.3 Å². The summed E-state index contributed by atoms with van der Waals surface area (Å²) in [7, 11) is 0. The predicted octanol–water partition coefficient (Wildman–Crippen LogP) is 1.21. The Balaban J connectivity index is 1.52. The SMILES string of the molecule is Nc1nc(Cl)c2nnn(Cc3cccc(COC4CCOC4)n3)c2n1. The maximum atomic E-state index is 6.02. The van der Waals surface area contributed by atoms with Crippen molar-refractivity contribution in [2.75, 3.05) is 18.9 Å². The molecule has 3 aromatic heterocycles. The van der Waals surface area contributed by atoms with E-state index in [0.717, 1.165) is 24.4 Å². The summed E-state index contributed by atoms with van der Waals surface area (Å²) in [5.41, 5.74) is 8.20. The molecule has 0 bridgehead atoms. The number of hydrogen-bond acceptors (Lipinski definition) is 8. The molecular formula is C15H16ClN7O2. The van der Waals surface area contributed by atoms with Gasteiger partial charge in [-0.05, 0) is 18.6 Å². The zero-order valence-corrected chi connectivity index (χ0v) is 14.1. The molecule has 1 unspecified atom stereocenters. The van der Waals surface area contributed by atoms with E-state index in [2.05, 4.69) is 25.3 Å². The first-order valence-electron chi connectivity index (χ1n) is 7.85. The second-order valence-electron chi connectivity index (χ2n) is 5.71. The fourth-order valence-electron chi connectivity index (χ4n) is 2.64. The molecule has 10 heteroatoms. The van der Waals surface area contributed by atoms with Crippen molar-refractivity contribution in [2.45, 2.75) is 25.7 Å². The molecule has 1 fully saturated rings. The van der Waals surface area contributed by atoms with Gasteiger partial charge in [0, 0.05) is 6.61 Å². The number of rotatable bonds is 5. The van der Waals surface area contributed by atoms with Crippen molar-refractivity contribution in [3.05, 3.63) is 34.7 Å². The molecule has 25 heavy (non-hydrogen) atoms. The fourth-order valence-corrected chi connectivity index (χ4v) is 2.85. The Morgan fingerprint density at radius 1 is 1.28 bits per heavy atom. The lowest BCUT2D eigenvalue weighted by Gasteiger charge is -2.10. The standard InChI is InChI=1S/C15H16ClN7O2/c16-13-12-14(20-15(17)19-13)23(22-21-12)6-9-2-1-3-10(18-9)7-25-11-4-5-24-8-11/h1-3,11H,4-8H2,(H2,17,19,20). The Hall–Kier alpha value is -2.36. The Labute approximate surface area is 148 Å². The highest BCUT2D eigenvalue weighted by molar-refractivity contribution is 6.33. The van der Waals surface area contributed by atoms with Crippen LogP contribution < -0.4 is 5.73 Å². The van der Waals surface area contributed by atoms with Gasteiger partial charge in [0.15, 0.2) is 16.3 Å². The van der Waals surface area contributed by atoms with E-state index in [-0.39, 0.29) is 17.2 Å². The van der Waals surface area contributed by atoms with Crippen LogP contribution in [0.5, 0.6) is 0 Å². The van der Waals surface area contributed by atoms with E-state index in [1.807, 2.05) is 18.2 Å². The molecule has 4 heterocycles. The molecule has 3 aromatic rings. The van der Waals surface area contributed by atoms with Crippen molar-refractivity contribution >= 4 is 28.7 Å². The molecule has 0 amide bonds. The van der Waals surface area contributed by atoms with Crippen LogP contribution in [0, 0.1) is 0 Å². The van der Waals surface area contributed by atoms with Crippen LogP contribution in [0.2, 0.25) is 5.15 Å². The average Bonchev–Trinajstić information content (AvgIpc) is 3.24. The maximum absolute atomic E-state index is 6.02. The van der Waals surface area contributed by atoms with Gasteiger partial charge >= 0.3 is 0 Å². The summed E-state index contributed by atoms with van der Waals surface area (Å²) in [5.74, 6) is 0.0787. The third kappa shape index (κ3) is 3.53. The number of nitrogens with zero attached hydrogens (tertiary/aromatic N) is 6. The van der Waals surface area contributed by atoms with E-state index in [1.54, 1.807) is 4.68 Å². The van der Waals surface area contributed by atoms with E-state index in [1.165, 1.54) is 0 Å². The molecule has 1 atom stereocenters. The molecule has 0 radical (unpaired) electrons. The van der Waals surface area contributed by atoms with Gasteiger partial charge in [-0.2, -0.15) is 9.97 Å². The molecule has 4 rings (SSSR count). The monoisotopic (exact) mass is 361 g/mol. The number of nitrogens with two attached hydrogens (primary N) is 1. The number of pyridine rings is 1. The number of nitrogen functional groups attached to an aromatic ring is 1. The molecule has 0 aliphatic carbocycles. The van der Waals surface area contributed by atoms with Crippen molar-refractivity contribution in [2.24, 2.45) is 0 Å². The molecule has 9 nitrogen and oxygen atoms in total. The van der Waals surface area contributed by atoms with Gasteiger partial charge in [-0.25, -0.2) is 4.68 Å².